The predicted molar refractivity (Wildman–Crippen MR) is 146 cm³/mol. The fraction of sp³-hybridized carbons (Fsp3) is 0.241. The highest BCUT2D eigenvalue weighted by Crippen LogP contribution is 2.46. The van der Waals surface area contributed by atoms with Gasteiger partial charge in [-0.25, -0.2) is 0 Å². The first-order valence-corrected chi connectivity index (χ1v) is 12.4. The van der Waals surface area contributed by atoms with E-state index in [4.69, 9.17) is 21.9 Å². The molecule has 178 valence electrons. The number of ether oxygens (including phenoxy) is 1. The van der Waals surface area contributed by atoms with E-state index in [1.807, 2.05) is 36.5 Å². The Morgan fingerprint density at radius 3 is 2.40 bits per heavy atom. The van der Waals surface area contributed by atoms with Gasteiger partial charge < -0.3 is 19.5 Å². The summed E-state index contributed by atoms with van der Waals surface area (Å²) in [5.74, 6) is 0.786. The lowest BCUT2D eigenvalue weighted by Crippen LogP contribution is -2.30. The fourth-order valence-corrected chi connectivity index (χ4v) is 5.58. The number of nitrogens with one attached hydrogen (secondary N) is 1. The van der Waals surface area contributed by atoms with Crippen molar-refractivity contribution in [1.82, 2.24) is 14.9 Å². The minimum Gasteiger partial charge on any atom is -0.495 e. The number of rotatable bonds is 6. The fourth-order valence-electron chi connectivity index (χ4n) is 5.24. The number of methoxy groups -OCH3 is 1. The number of benzene rings is 2. The summed E-state index contributed by atoms with van der Waals surface area (Å²) in [6.45, 7) is 6.58. The van der Waals surface area contributed by atoms with Gasteiger partial charge in [-0.3, -0.25) is 4.98 Å². The lowest BCUT2D eigenvalue weighted by Gasteiger charge is -2.29. The first kappa shape index (κ1) is 23.1. The SMILES string of the molecule is CCc1ccccc1-n1c(C)cc([C@@H]2[C@@H](c3ccccn3)NC(=S)N2c2ccccc2OC)c1C. The number of aromatic nitrogens is 2. The molecule has 2 aromatic heterocycles. The first-order chi connectivity index (χ1) is 17.0. The summed E-state index contributed by atoms with van der Waals surface area (Å²) >= 11 is 5.92. The normalized spacial score (nSPS) is 17.5. The van der Waals surface area contributed by atoms with Crippen molar-refractivity contribution in [3.8, 4) is 11.4 Å². The Kier molecular flexibility index (Phi) is 6.31. The molecule has 0 aliphatic carbocycles. The lowest BCUT2D eigenvalue weighted by molar-refractivity contribution is 0.414. The predicted octanol–water partition coefficient (Wildman–Crippen LogP) is 6.24. The van der Waals surface area contributed by atoms with Crippen molar-refractivity contribution in [2.75, 3.05) is 12.0 Å². The van der Waals surface area contributed by atoms with Crippen LogP contribution in [0, 0.1) is 13.8 Å². The van der Waals surface area contributed by atoms with E-state index in [1.54, 1.807) is 7.11 Å². The third-order valence-corrected chi connectivity index (χ3v) is 7.16. The summed E-state index contributed by atoms with van der Waals surface area (Å²) in [6, 6.07) is 24.8. The van der Waals surface area contributed by atoms with Gasteiger partial charge >= 0.3 is 0 Å². The van der Waals surface area contributed by atoms with Crippen LogP contribution in [-0.2, 0) is 6.42 Å². The van der Waals surface area contributed by atoms with E-state index in [2.05, 4.69) is 78.0 Å². The molecule has 1 N–H and O–H groups in total. The quantitative estimate of drug-likeness (QED) is 0.330. The van der Waals surface area contributed by atoms with Gasteiger partial charge in [0.1, 0.15) is 5.75 Å². The maximum atomic E-state index is 5.92. The molecule has 0 amide bonds. The second kappa shape index (κ2) is 9.55. The Bertz CT molecular complexity index is 1360. The zero-order valence-electron chi connectivity index (χ0n) is 20.5. The molecule has 0 radical (unpaired) electrons. The number of hydrogen-bond donors (Lipinski definition) is 1. The second-order valence-corrected chi connectivity index (χ2v) is 9.20. The number of anilines is 1. The Balaban J connectivity index is 1.72. The number of aryl methyl sites for hydroxylation is 2. The van der Waals surface area contributed by atoms with Crippen LogP contribution in [0.15, 0.2) is 79.0 Å². The topological polar surface area (TPSA) is 42.3 Å². The van der Waals surface area contributed by atoms with Crippen LogP contribution < -0.4 is 15.0 Å². The minimum atomic E-state index is -0.107. The van der Waals surface area contributed by atoms with Gasteiger partial charge in [-0.05, 0) is 80.0 Å². The van der Waals surface area contributed by atoms with Gasteiger partial charge in [0.05, 0.1) is 30.6 Å². The zero-order valence-corrected chi connectivity index (χ0v) is 21.3. The number of nitrogens with zero attached hydrogens (tertiary/aromatic N) is 3. The maximum Gasteiger partial charge on any atom is 0.174 e. The van der Waals surface area contributed by atoms with E-state index < -0.39 is 0 Å². The second-order valence-electron chi connectivity index (χ2n) is 8.81. The van der Waals surface area contributed by atoms with Crippen molar-refractivity contribution < 1.29 is 4.74 Å². The lowest BCUT2D eigenvalue weighted by atomic mass is 9.96. The molecule has 0 unspecified atom stereocenters. The van der Waals surface area contributed by atoms with Crippen LogP contribution in [0.2, 0.25) is 0 Å². The highest BCUT2D eigenvalue weighted by atomic mass is 32.1. The van der Waals surface area contributed by atoms with Crippen LogP contribution in [0.1, 0.15) is 47.2 Å². The monoisotopic (exact) mass is 482 g/mol. The van der Waals surface area contributed by atoms with Crippen molar-refractivity contribution >= 4 is 23.0 Å². The third kappa shape index (κ3) is 3.98. The van der Waals surface area contributed by atoms with Crippen molar-refractivity contribution in [2.24, 2.45) is 0 Å². The van der Waals surface area contributed by atoms with Crippen molar-refractivity contribution in [1.29, 1.82) is 0 Å². The summed E-state index contributed by atoms with van der Waals surface area (Å²) < 4.78 is 8.11. The molecule has 4 aromatic rings. The van der Waals surface area contributed by atoms with E-state index in [0.717, 1.165) is 23.6 Å². The Morgan fingerprint density at radius 1 is 0.971 bits per heavy atom. The average Bonchev–Trinajstić information content (AvgIpc) is 3.39. The van der Waals surface area contributed by atoms with Crippen LogP contribution in [-0.4, -0.2) is 21.8 Å². The van der Waals surface area contributed by atoms with E-state index >= 15 is 0 Å². The van der Waals surface area contributed by atoms with Crippen molar-refractivity contribution in [3.63, 3.8) is 0 Å². The number of thiocarbonyl (C=S) groups is 1. The number of pyridine rings is 1. The molecule has 3 heterocycles. The molecule has 0 spiro atoms. The number of para-hydroxylation sites is 3. The Hall–Kier alpha value is -3.64. The molecule has 35 heavy (non-hydrogen) atoms. The molecule has 2 atom stereocenters. The molecule has 0 saturated carbocycles. The van der Waals surface area contributed by atoms with Crippen LogP contribution in [0.3, 0.4) is 0 Å². The van der Waals surface area contributed by atoms with Gasteiger partial charge in [-0.1, -0.05) is 43.3 Å². The first-order valence-electron chi connectivity index (χ1n) is 12.0. The summed E-state index contributed by atoms with van der Waals surface area (Å²) in [5, 5.41) is 4.23. The molecule has 6 heteroatoms. The summed E-state index contributed by atoms with van der Waals surface area (Å²) in [6.07, 6.45) is 2.81. The molecular weight excluding hydrogens is 452 g/mol. The van der Waals surface area contributed by atoms with E-state index in [1.165, 1.54) is 28.2 Å². The molecule has 1 aliphatic heterocycles. The van der Waals surface area contributed by atoms with Gasteiger partial charge in [0.15, 0.2) is 5.11 Å². The van der Waals surface area contributed by atoms with Gasteiger partial charge in [0.25, 0.3) is 0 Å². The summed E-state index contributed by atoms with van der Waals surface area (Å²) in [5.41, 5.74) is 8.04. The molecule has 5 nitrogen and oxygen atoms in total. The molecule has 0 bridgehead atoms. The Labute approximate surface area is 212 Å². The highest BCUT2D eigenvalue weighted by Gasteiger charge is 2.43. The van der Waals surface area contributed by atoms with Crippen LogP contribution in [0.4, 0.5) is 5.69 Å². The minimum absolute atomic E-state index is 0.0950. The summed E-state index contributed by atoms with van der Waals surface area (Å²) in [4.78, 5) is 6.89. The molecule has 1 saturated heterocycles. The van der Waals surface area contributed by atoms with Crippen molar-refractivity contribution in [3.05, 3.63) is 107 Å². The molecule has 1 fully saturated rings. The molecule has 5 rings (SSSR count). The van der Waals surface area contributed by atoms with Gasteiger partial charge in [-0.2, -0.15) is 0 Å². The third-order valence-electron chi connectivity index (χ3n) is 6.85. The van der Waals surface area contributed by atoms with Gasteiger partial charge in [0, 0.05) is 23.3 Å². The zero-order chi connectivity index (χ0) is 24.5. The van der Waals surface area contributed by atoms with Crippen LogP contribution >= 0.6 is 12.2 Å². The van der Waals surface area contributed by atoms with E-state index in [0.29, 0.717) is 5.11 Å². The standard InChI is InChI=1S/C29H30N4OS/c1-5-21-12-6-7-14-24(21)32-19(2)18-22(20(32)3)28-27(23-13-10-11-17-30-23)31-29(35)33(28)25-15-8-9-16-26(25)34-4/h6-18,27-28H,5H2,1-4H3,(H,31,35)/t27-,28-/m1/s1. The Morgan fingerprint density at radius 2 is 1.69 bits per heavy atom. The number of hydrogen-bond acceptors (Lipinski definition) is 3. The maximum absolute atomic E-state index is 5.92. The van der Waals surface area contributed by atoms with E-state index in [9.17, 15) is 0 Å². The average molecular weight is 483 g/mol. The van der Waals surface area contributed by atoms with Gasteiger partial charge in [-0.15, -0.1) is 0 Å². The van der Waals surface area contributed by atoms with Crippen molar-refractivity contribution in [2.45, 2.75) is 39.3 Å². The van der Waals surface area contributed by atoms with Gasteiger partial charge in [0.2, 0.25) is 0 Å². The summed E-state index contributed by atoms with van der Waals surface area (Å²) in [7, 11) is 1.70. The molecule has 1 aliphatic rings. The molecule has 2 aromatic carbocycles. The van der Waals surface area contributed by atoms with Crippen LogP contribution in [0.25, 0.3) is 5.69 Å². The molecular formula is C29H30N4OS. The van der Waals surface area contributed by atoms with Crippen LogP contribution in [0.5, 0.6) is 5.75 Å². The van der Waals surface area contributed by atoms with E-state index in [-0.39, 0.29) is 12.1 Å². The smallest absolute Gasteiger partial charge is 0.174 e. The largest absolute Gasteiger partial charge is 0.495 e. The highest BCUT2D eigenvalue weighted by molar-refractivity contribution is 7.80.